The molecule has 0 aliphatic carbocycles. The predicted molar refractivity (Wildman–Crippen MR) is 86.2 cm³/mol. The molecule has 1 fully saturated rings. The predicted octanol–water partition coefficient (Wildman–Crippen LogP) is 0.0222. The minimum absolute atomic E-state index is 0.000509. The number of carbonyl (C=O) groups excluding carboxylic acids is 1. The lowest BCUT2D eigenvalue weighted by Crippen LogP contribution is -2.49. The summed E-state index contributed by atoms with van der Waals surface area (Å²) in [6.45, 7) is 6.24. The second kappa shape index (κ2) is 6.95. The zero-order valence-corrected chi connectivity index (χ0v) is 13.4. The van der Waals surface area contributed by atoms with Gasteiger partial charge in [0.25, 0.3) is 5.56 Å². The van der Waals surface area contributed by atoms with Crippen molar-refractivity contribution in [1.29, 1.82) is 0 Å². The van der Waals surface area contributed by atoms with Gasteiger partial charge in [-0.15, -0.1) is 6.58 Å². The highest BCUT2D eigenvalue weighted by atomic mass is 16.3. The Morgan fingerprint density at radius 3 is 2.91 bits per heavy atom. The molecule has 1 saturated heterocycles. The van der Waals surface area contributed by atoms with Gasteiger partial charge in [-0.05, 0) is 26.2 Å². The van der Waals surface area contributed by atoms with E-state index in [1.807, 2.05) is 0 Å². The number of aryl methyl sites for hydroxylation is 1. The molecule has 23 heavy (non-hydrogen) atoms. The van der Waals surface area contributed by atoms with E-state index in [-0.39, 0.29) is 24.5 Å². The van der Waals surface area contributed by atoms with Crippen LogP contribution in [0.1, 0.15) is 24.8 Å². The molecule has 0 radical (unpaired) electrons. The van der Waals surface area contributed by atoms with Crippen molar-refractivity contribution in [3.05, 3.63) is 45.3 Å². The van der Waals surface area contributed by atoms with E-state index in [1.54, 1.807) is 17.9 Å². The van der Waals surface area contributed by atoms with Crippen LogP contribution in [-0.2, 0) is 11.3 Å². The van der Waals surface area contributed by atoms with E-state index >= 15 is 0 Å². The second-order valence-corrected chi connectivity index (χ2v) is 6.27. The fourth-order valence-electron chi connectivity index (χ4n) is 3.07. The molecule has 1 atom stereocenters. The molecule has 1 aromatic heterocycles. The molecular formula is C16H23N3O4. The van der Waals surface area contributed by atoms with E-state index in [0.717, 1.165) is 12.8 Å². The van der Waals surface area contributed by atoms with Crippen molar-refractivity contribution in [3.63, 3.8) is 0 Å². The third-order valence-corrected chi connectivity index (χ3v) is 4.42. The fraction of sp³-hybridized carbons (Fsp3) is 0.562. The first-order valence-electron chi connectivity index (χ1n) is 7.71. The molecule has 126 valence electrons. The van der Waals surface area contributed by atoms with Crippen LogP contribution < -0.4 is 11.2 Å². The highest BCUT2D eigenvalue weighted by Gasteiger charge is 2.35. The van der Waals surface area contributed by atoms with Gasteiger partial charge in [0.2, 0.25) is 5.91 Å². The smallest absolute Gasteiger partial charge is 0.328 e. The Kier molecular flexibility index (Phi) is 5.20. The molecule has 7 heteroatoms. The van der Waals surface area contributed by atoms with E-state index in [1.165, 1.54) is 10.8 Å². The monoisotopic (exact) mass is 321 g/mol. The number of carbonyl (C=O) groups is 1. The van der Waals surface area contributed by atoms with Crippen molar-refractivity contribution < 1.29 is 9.90 Å². The van der Waals surface area contributed by atoms with Crippen molar-refractivity contribution in [2.24, 2.45) is 5.41 Å². The lowest BCUT2D eigenvalue weighted by molar-refractivity contribution is -0.136. The Balaban J connectivity index is 2.14. The van der Waals surface area contributed by atoms with Crippen LogP contribution in [0.5, 0.6) is 0 Å². The summed E-state index contributed by atoms with van der Waals surface area (Å²) in [6.07, 6.45) is 5.45. The summed E-state index contributed by atoms with van der Waals surface area (Å²) < 4.78 is 1.21. The van der Waals surface area contributed by atoms with Crippen molar-refractivity contribution in [1.82, 2.24) is 14.5 Å². The van der Waals surface area contributed by atoms with Crippen LogP contribution in [0, 0.1) is 12.3 Å². The van der Waals surface area contributed by atoms with Crippen molar-refractivity contribution in [2.45, 2.75) is 32.7 Å². The number of rotatable bonds is 5. The summed E-state index contributed by atoms with van der Waals surface area (Å²) >= 11 is 0. The number of aliphatic hydroxyl groups excluding tert-OH is 1. The SMILES string of the molecule is C=CC[C@]1(CO)CCCN(C(=O)Cn2cc(C)c(=O)[nH]c2=O)C1. The van der Waals surface area contributed by atoms with Gasteiger partial charge in [0.15, 0.2) is 0 Å². The van der Waals surface area contributed by atoms with Gasteiger partial charge in [-0.1, -0.05) is 6.08 Å². The minimum Gasteiger partial charge on any atom is -0.396 e. The number of allylic oxidation sites excluding steroid dienone is 1. The average molecular weight is 321 g/mol. The highest BCUT2D eigenvalue weighted by molar-refractivity contribution is 5.76. The quantitative estimate of drug-likeness (QED) is 0.748. The number of aromatic amines is 1. The van der Waals surface area contributed by atoms with Crippen LogP contribution in [0.3, 0.4) is 0 Å². The number of likely N-dealkylation sites (tertiary alicyclic amines) is 1. The molecule has 2 heterocycles. The Morgan fingerprint density at radius 1 is 1.52 bits per heavy atom. The lowest BCUT2D eigenvalue weighted by atomic mass is 9.78. The van der Waals surface area contributed by atoms with Gasteiger partial charge in [-0.3, -0.25) is 19.1 Å². The van der Waals surface area contributed by atoms with Gasteiger partial charge < -0.3 is 10.0 Å². The van der Waals surface area contributed by atoms with E-state index in [0.29, 0.717) is 25.1 Å². The number of nitrogens with one attached hydrogen (secondary N) is 1. The Morgan fingerprint density at radius 2 is 2.26 bits per heavy atom. The summed E-state index contributed by atoms with van der Waals surface area (Å²) in [5.74, 6) is -0.194. The molecule has 7 nitrogen and oxygen atoms in total. The fourth-order valence-corrected chi connectivity index (χ4v) is 3.07. The minimum atomic E-state index is -0.592. The van der Waals surface area contributed by atoms with Gasteiger partial charge in [-0.25, -0.2) is 4.79 Å². The summed E-state index contributed by atoms with van der Waals surface area (Å²) in [5.41, 5.74) is -0.999. The Hall–Kier alpha value is -2.15. The molecule has 1 aromatic rings. The molecular weight excluding hydrogens is 298 g/mol. The van der Waals surface area contributed by atoms with E-state index < -0.39 is 11.2 Å². The van der Waals surface area contributed by atoms with Gasteiger partial charge in [-0.2, -0.15) is 0 Å². The molecule has 1 aliphatic heterocycles. The summed E-state index contributed by atoms with van der Waals surface area (Å²) in [5, 5.41) is 9.69. The number of H-pyrrole nitrogens is 1. The summed E-state index contributed by atoms with van der Waals surface area (Å²) in [7, 11) is 0. The highest BCUT2D eigenvalue weighted by Crippen LogP contribution is 2.33. The molecule has 2 rings (SSSR count). The molecule has 1 amide bonds. The van der Waals surface area contributed by atoms with Gasteiger partial charge in [0.1, 0.15) is 6.54 Å². The zero-order chi connectivity index (χ0) is 17.0. The number of hydrogen-bond acceptors (Lipinski definition) is 4. The molecule has 0 aromatic carbocycles. The summed E-state index contributed by atoms with van der Waals surface area (Å²) in [4.78, 5) is 39.5. The third kappa shape index (κ3) is 3.79. The number of amides is 1. The molecule has 2 N–H and O–H groups in total. The third-order valence-electron chi connectivity index (χ3n) is 4.42. The Labute approximate surface area is 134 Å². The number of nitrogens with zero attached hydrogens (tertiary/aromatic N) is 2. The van der Waals surface area contributed by atoms with Crippen LogP contribution in [0.25, 0.3) is 0 Å². The summed E-state index contributed by atoms with van der Waals surface area (Å²) in [6, 6.07) is 0. The van der Waals surface area contributed by atoms with Gasteiger partial charge >= 0.3 is 5.69 Å². The largest absolute Gasteiger partial charge is 0.396 e. The van der Waals surface area contributed by atoms with E-state index in [9.17, 15) is 19.5 Å². The first-order chi connectivity index (χ1) is 10.9. The molecule has 1 aliphatic rings. The van der Waals surface area contributed by atoms with Crippen LogP contribution >= 0.6 is 0 Å². The second-order valence-electron chi connectivity index (χ2n) is 6.27. The van der Waals surface area contributed by atoms with Crippen LogP contribution in [0.2, 0.25) is 0 Å². The molecule has 0 spiro atoms. The first kappa shape index (κ1) is 17.2. The van der Waals surface area contributed by atoms with Crippen molar-refractivity contribution in [3.8, 4) is 0 Å². The maximum absolute atomic E-state index is 12.5. The normalized spacial score (nSPS) is 21.2. The number of piperidine rings is 1. The van der Waals surface area contributed by atoms with Gasteiger partial charge in [0, 0.05) is 30.3 Å². The molecule has 0 unspecified atom stereocenters. The van der Waals surface area contributed by atoms with E-state index in [2.05, 4.69) is 11.6 Å². The first-order valence-corrected chi connectivity index (χ1v) is 7.71. The average Bonchev–Trinajstić information content (AvgIpc) is 2.53. The maximum Gasteiger partial charge on any atom is 0.328 e. The lowest BCUT2D eigenvalue weighted by Gasteiger charge is -2.41. The van der Waals surface area contributed by atoms with Crippen LogP contribution in [0.4, 0.5) is 0 Å². The number of aromatic nitrogens is 2. The Bertz CT molecular complexity index is 706. The maximum atomic E-state index is 12.5. The van der Waals surface area contributed by atoms with Crippen molar-refractivity contribution in [2.75, 3.05) is 19.7 Å². The number of aliphatic hydroxyl groups is 1. The molecule has 0 saturated carbocycles. The number of hydrogen-bond donors (Lipinski definition) is 2. The van der Waals surface area contributed by atoms with Crippen LogP contribution in [0.15, 0.2) is 28.4 Å². The van der Waals surface area contributed by atoms with Gasteiger partial charge in [0.05, 0.1) is 6.61 Å². The topological polar surface area (TPSA) is 95.4 Å². The van der Waals surface area contributed by atoms with Crippen molar-refractivity contribution >= 4 is 5.91 Å². The standard InChI is InChI=1S/C16H23N3O4/c1-3-5-16(11-20)6-4-7-18(10-16)13(21)9-19-8-12(2)14(22)17-15(19)23/h3,8,20H,1,4-7,9-11H2,2H3,(H,17,22,23)/t16-/m0/s1. The van der Waals surface area contributed by atoms with Crippen LogP contribution in [-0.4, -0.2) is 45.2 Å². The molecule has 0 bridgehead atoms. The van der Waals surface area contributed by atoms with E-state index in [4.69, 9.17) is 0 Å². The zero-order valence-electron chi connectivity index (χ0n) is 13.4.